The van der Waals surface area contributed by atoms with Gasteiger partial charge in [-0.1, -0.05) is 13.8 Å². The molecule has 4 heteroatoms. The van der Waals surface area contributed by atoms with Crippen LogP contribution in [0.15, 0.2) is 16.5 Å². The van der Waals surface area contributed by atoms with Gasteiger partial charge in [0.2, 0.25) is 0 Å². The Bertz CT molecular complexity index is 373. The summed E-state index contributed by atoms with van der Waals surface area (Å²) in [6.07, 6.45) is 2.44. The minimum Gasteiger partial charge on any atom is -0.464 e. The Kier molecular flexibility index (Phi) is 3.56. The Morgan fingerprint density at radius 3 is 2.59 bits per heavy atom. The molecule has 1 aromatic heterocycles. The lowest BCUT2D eigenvalue weighted by Crippen LogP contribution is -2.34. The van der Waals surface area contributed by atoms with Crippen molar-refractivity contribution in [3.05, 3.63) is 23.7 Å². The molecular weight excluding hydrogens is 216 g/mol. The summed E-state index contributed by atoms with van der Waals surface area (Å²) in [7, 11) is 0. The minimum absolute atomic E-state index is 0.128. The molecule has 0 saturated carbocycles. The van der Waals surface area contributed by atoms with E-state index in [1.165, 1.54) is 0 Å². The van der Waals surface area contributed by atoms with Crippen LogP contribution in [0.2, 0.25) is 0 Å². The van der Waals surface area contributed by atoms with Gasteiger partial charge in [0.1, 0.15) is 11.5 Å². The number of rotatable bonds is 4. The van der Waals surface area contributed by atoms with Gasteiger partial charge in [0.05, 0.1) is 18.8 Å². The molecule has 0 amide bonds. The first kappa shape index (κ1) is 12.6. The molecule has 17 heavy (non-hydrogen) atoms. The third kappa shape index (κ3) is 2.39. The zero-order chi connectivity index (χ0) is 12.5. The second kappa shape index (κ2) is 4.80. The molecule has 4 nitrogen and oxygen atoms in total. The molecule has 1 saturated heterocycles. The number of furan rings is 1. The van der Waals surface area contributed by atoms with E-state index < -0.39 is 0 Å². The van der Waals surface area contributed by atoms with E-state index in [1.807, 2.05) is 12.1 Å². The fraction of sp³-hybridized carbons (Fsp3) is 0.692. The minimum atomic E-state index is -0.128. The van der Waals surface area contributed by atoms with E-state index in [0.29, 0.717) is 13.1 Å². The Morgan fingerprint density at radius 1 is 1.29 bits per heavy atom. The summed E-state index contributed by atoms with van der Waals surface area (Å²) >= 11 is 0. The molecule has 2 atom stereocenters. The molecule has 0 bridgehead atoms. The highest BCUT2D eigenvalue weighted by Crippen LogP contribution is 2.37. The lowest BCUT2D eigenvalue weighted by Gasteiger charge is -2.29. The summed E-state index contributed by atoms with van der Waals surface area (Å²) in [5.74, 6) is 1.77. The summed E-state index contributed by atoms with van der Waals surface area (Å²) in [5, 5.41) is 0. The Labute approximate surface area is 102 Å². The first-order valence-electron chi connectivity index (χ1n) is 6.22. The van der Waals surface area contributed by atoms with Crippen LogP contribution in [0.5, 0.6) is 0 Å². The zero-order valence-electron chi connectivity index (χ0n) is 10.6. The molecule has 4 N–H and O–H groups in total. The third-order valence-electron chi connectivity index (χ3n) is 3.67. The standard InChI is InChI=1S/C13H22N2O2/c1-13(2,11-5-3-9(7-14)16-11)12-6-4-10(8-15)17-12/h3,5,10,12H,4,6-8,14-15H2,1-2H3. The highest BCUT2D eigenvalue weighted by Gasteiger charge is 2.39. The van der Waals surface area contributed by atoms with Crippen molar-refractivity contribution in [3.63, 3.8) is 0 Å². The van der Waals surface area contributed by atoms with Crippen molar-refractivity contribution in [2.45, 2.75) is 50.9 Å². The summed E-state index contributed by atoms with van der Waals surface area (Å²) < 4.78 is 11.7. The molecule has 0 spiro atoms. The van der Waals surface area contributed by atoms with Crippen LogP contribution < -0.4 is 11.5 Å². The molecule has 1 fully saturated rings. The van der Waals surface area contributed by atoms with Crippen LogP contribution >= 0.6 is 0 Å². The molecule has 1 aliphatic rings. The number of ether oxygens (including phenoxy) is 1. The fourth-order valence-electron chi connectivity index (χ4n) is 2.40. The van der Waals surface area contributed by atoms with Crippen molar-refractivity contribution < 1.29 is 9.15 Å². The van der Waals surface area contributed by atoms with Gasteiger partial charge in [-0.05, 0) is 25.0 Å². The van der Waals surface area contributed by atoms with Gasteiger partial charge in [-0.2, -0.15) is 0 Å². The van der Waals surface area contributed by atoms with Crippen molar-refractivity contribution in [2.24, 2.45) is 11.5 Å². The predicted molar refractivity (Wildman–Crippen MR) is 66.6 cm³/mol. The van der Waals surface area contributed by atoms with Gasteiger partial charge in [-0.25, -0.2) is 0 Å². The monoisotopic (exact) mass is 238 g/mol. The highest BCUT2D eigenvalue weighted by atomic mass is 16.5. The molecule has 2 rings (SSSR count). The van der Waals surface area contributed by atoms with Gasteiger partial charge in [0, 0.05) is 12.0 Å². The van der Waals surface area contributed by atoms with Crippen molar-refractivity contribution in [2.75, 3.05) is 6.54 Å². The lowest BCUT2D eigenvalue weighted by molar-refractivity contribution is 0.00388. The van der Waals surface area contributed by atoms with Crippen LogP contribution in [0.25, 0.3) is 0 Å². The van der Waals surface area contributed by atoms with E-state index >= 15 is 0 Å². The van der Waals surface area contributed by atoms with Crippen molar-refractivity contribution >= 4 is 0 Å². The Morgan fingerprint density at radius 2 is 2.06 bits per heavy atom. The van der Waals surface area contributed by atoms with Crippen LogP contribution in [-0.2, 0) is 16.7 Å². The SMILES string of the molecule is CC(C)(c1ccc(CN)o1)C1CCC(CN)O1. The van der Waals surface area contributed by atoms with E-state index in [4.69, 9.17) is 20.6 Å². The van der Waals surface area contributed by atoms with Crippen LogP contribution in [0, 0.1) is 0 Å². The molecule has 1 aromatic rings. The highest BCUT2D eigenvalue weighted by molar-refractivity contribution is 5.18. The van der Waals surface area contributed by atoms with Crippen LogP contribution in [0.3, 0.4) is 0 Å². The molecule has 0 aromatic carbocycles. The normalized spacial score (nSPS) is 25.4. The van der Waals surface area contributed by atoms with Crippen molar-refractivity contribution in [3.8, 4) is 0 Å². The topological polar surface area (TPSA) is 74.4 Å². The van der Waals surface area contributed by atoms with E-state index in [2.05, 4.69) is 13.8 Å². The third-order valence-corrected chi connectivity index (χ3v) is 3.67. The smallest absolute Gasteiger partial charge is 0.117 e. The maximum atomic E-state index is 5.96. The van der Waals surface area contributed by atoms with E-state index in [9.17, 15) is 0 Å². The second-order valence-electron chi connectivity index (χ2n) is 5.25. The maximum Gasteiger partial charge on any atom is 0.117 e. The van der Waals surface area contributed by atoms with Crippen molar-refractivity contribution in [1.82, 2.24) is 0 Å². The zero-order valence-corrected chi connectivity index (χ0v) is 10.6. The first-order valence-corrected chi connectivity index (χ1v) is 6.22. The van der Waals surface area contributed by atoms with E-state index in [1.54, 1.807) is 0 Å². The van der Waals surface area contributed by atoms with Gasteiger partial charge in [0.25, 0.3) is 0 Å². The fourth-order valence-corrected chi connectivity index (χ4v) is 2.40. The van der Waals surface area contributed by atoms with Gasteiger partial charge >= 0.3 is 0 Å². The average Bonchev–Trinajstić information content (AvgIpc) is 2.98. The molecule has 2 heterocycles. The van der Waals surface area contributed by atoms with Gasteiger partial charge in [0.15, 0.2) is 0 Å². The van der Waals surface area contributed by atoms with Crippen LogP contribution in [0.1, 0.15) is 38.2 Å². The maximum absolute atomic E-state index is 5.96. The van der Waals surface area contributed by atoms with Crippen LogP contribution in [0.4, 0.5) is 0 Å². The second-order valence-corrected chi connectivity index (χ2v) is 5.25. The van der Waals surface area contributed by atoms with Gasteiger partial charge < -0.3 is 20.6 Å². The molecule has 96 valence electrons. The predicted octanol–water partition coefficient (Wildman–Crippen LogP) is 1.52. The van der Waals surface area contributed by atoms with Crippen LogP contribution in [-0.4, -0.2) is 18.8 Å². The molecule has 0 radical (unpaired) electrons. The number of nitrogens with two attached hydrogens (primary N) is 2. The molecule has 1 aliphatic heterocycles. The van der Waals surface area contributed by atoms with Gasteiger partial charge in [-0.3, -0.25) is 0 Å². The number of hydrogen-bond donors (Lipinski definition) is 2. The molecule has 2 unspecified atom stereocenters. The largest absolute Gasteiger partial charge is 0.464 e. The Hall–Kier alpha value is -0.840. The average molecular weight is 238 g/mol. The van der Waals surface area contributed by atoms with Gasteiger partial charge in [-0.15, -0.1) is 0 Å². The summed E-state index contributed by atoms with van der Waals surface area (Å²) in [6, 6.07) is 3.94. The Balaban J connectivity index is 2.12. The molecular formula is C13H22N2O2. The number of hydrogen-bond acceptors (Lipinski definition) is 4. The molecule has 0 aliphatic carbocycles. The van der Waals surface area contributed by atoms with E-state index in [0.717, 1.165) is 24.4 Å². The summed E-state index contributed by atoms with van der Waals surface area (Å²) in [6.45, 7) is 5.33. The quantitative estimate of drug-likeness (QED) is 0.834. The lowest BCUT2D eigenvalue weighted by atomic mass is 9.82. The van der Waals surface area contributed by atoms with E-state index in [-0.39, 0.29) is 17.6 Å². The van der Waals surface area contributed by atoms with Crippen molar-refractivity contribution in [1.29, 1.82) is 0 Å². The summed E-state index contributed by atoms with van der Waals surface area (Å²) in [4.78, 5) is 0. The summed E-state index contributed by atoms with van der Waals surface area (Å²) in [5.41, 5.74) is 11.1. The first-order chi connectivity index (χ1) is 8.07.